The molecule has 3 aromatic rings. The largest absolute Gasteiger partial charge is 0.457 e. The molecule has 0 aliphatic heterocycles. The zero-order valence-corrected chi connectivity index (χ0v) is 14.1. The Morgan fingerprint density at radius 3 is 2.23 bits per heavy atom. The van der Waals surface area contributed by atoms with Crippen molar-refractivity contribution >= 4 is 17.6 Å². The van der Waals surface area contributed by atoms with E-state index in [4.69, 9.17) is 4.42 Å². The smallest absolute Gasteiger partial charge is 0.203 e. The first-order valence-electron chi connectivity index (χ1n) is 8.01. The highest BCUT2D eigenvalue weighted by Crippen LogP contribution is 2.24. The van der Waals surface area contributed by atoms with Crippen molar-refractivity contribution in [3.05, 3.63) is 89.2 Å². The molecule has 4 heteroatoms. The second-order valence-electron chi connectivity index (χ2n) is 5.70. The Hall–Kier alpha value is -3.71. The van der Waals surface area contributed by atoms with Gasteiger partial charge in [0.25, 0.3) is 0 Å². The van der Waals surface area contributed by atoms with E-state index in [9.17, 15) is 14.9 Å². The van der Waals surface area contributed by atoms with Crippen molar-refractivity contribution < 1.29 is 14.0 Å². The summed E-state index contributed by atoms with van der Waals surface area (Å²) < 4.78 is 5.72. The molecule has 0 amide bonds. The van der Waals surface area contributed by atoms with Crippen LogP contribution in [0.3, 0.4) is 0 Å². The van der Waals surface area contributed by atoms with Crippen LogP contribution in [-0.4, -0.2) is 11.6 Å². The highest BCUT2D eigenvalue weighted by atomic mass is 16.3. The van der Waals surface area contributed by atoms with E-state index >= 15 is 0 Å². The molecule has 0 bridgehead atoms. The number of hydrogen-bond donors (Lipinski definition) is 0. The zero-order valence-electron chi connectivity index (χ0n) is 14.1. The van der Waals surface area contributed by atoms with Gasteiger partial charge in [0.15, 0.2) is 5.78 Å². The van der Waals surface area contributed by atoms with Gasteiger partial charge < -0.3 is 4.42 Å². The third kappa shape index (κ3) is 3.68. The summed E-state index contributed by atoms with van der Waals surface area (Å²) in [6.07, 6.45) is 1.43. The first kappa shape index (κ1) is 17.1. The minimum absolute atomic E-state index is 0.00213. The first-order valence-corrected chi connectivity index (χ1v) is 8.01. The minimum atomic E-state index is -0.350. The molecule has 0 spiro atoms. The normalized spacial score (nSPS) is 11.0. The molecule has 0 N–H and O–H groups in total. The van der Waals surface area contributed by atoms with Crippen LogP contribution < -0.4 is 0 Å². The Kier molecular flexibility index (Phi) is 4.91. The van der Waals surface area contributed by atoms with Gasteiger partial charge >= 0.3 is 0 Å². The lowest BCUT2D eigenvalue weighted by molar-refractivity contribution is 0.101. The number of rotatable bonds is 5. The Labute approximate surface area is 151 Å². The summed E-state index contributed by atoms with van der Waals surface area (Å²) in [5.41, 5.74) is 1.89. The molecule has 0 atom stereocenters. The minimum Gasteiger partial charge on any atom is -0.457 e. The van der Waals surface area contributed by atoms with Gasteiger partial charge in [0, 0.05) is 22.8 Å². The number of carbonyl (C=O) groups is 2. The van der Waals surface area contributed by atoms with E-state index in [0.717, 1.165) is 5.56 Å². The van der Waals surface area contributed by atoms with Crippen LogP contribution >= 0.6 is 0 Å². The lowest BCUT2D eigenvalue weighted by Crippen LogP contribution is -2.01. The molecule has 1 heterocycles. The topological polar surface area (TPSA) is 71.1 Å². The third-order valence-electron chi connectivity index (χ3n) is 3.89. The Balaban J connectivity index is 1.86. The van der Waals surface area contributed by atoms with Crippen molar-refractivity contribution in [2.75, 3.05) is 0 Å². The fourth-order valence-electron chi connectivity index (χ4n) is 2.49. The monoisotopic (exact) mass is 341 g/mol. The quantitative estimate of drug-likeness (QED) is 0.374. The molecule has 2 aromatic carbocycles. The zero-order chi connectivity index (χ0) is 18.5. The van der Waals surface area contributed by atoms with Crippen molar-refractivity contribution in [1.29, 1.82) is 5.26 Å². The van der Waals surface area contributed by atoms with E-state index in [1.807, 2.05) is 12.1 Å². The van der Waals surface area contributed by atoms with Crippen LogP contribution in [0.1, 0.15) is 33.4 Å². The molecule has 0 unspecified atom stereocenters. The second kappa shape index (κ2) is 7.45. The first-order chi connectivity index (χ1) is 12.6. The average Bonchev–Trinajstić information content (AvgIpc) is 3.15. The van der Waals surface area contributed by atoms with Crippen LogP contribution in [0.5, 0.6) is 0 Å². The van der Waals surface area contributed by atoms with Gasteiger partial charge in [0.2, 0.25) is 5.78 Å². The van der Waals surface area contributed by atoms with Gasteiger partial charge in [0.1, 0.15) is 23.2 Å². The molecule has 0 fully saturated rings. The lowest BCUT2D eigenvalue weighted by atomic mass is 10.0. The molecule has 3 rings (SSSR count). The Morgan fingerprint density at radius 1 is 0.923 bits per heavy atom. The molecule has 1 aromatic heterocycles. The predicted octanol–water partition coefficient (Wildman–Crippen LogP) is 4.94. The number of Topliss-reactive ketones (excluding diaryl/α,β-unsaturated/α-hetero) is 2. The van der Waals surface area contributed by atoms with Crippen LogP contribution in [-0.2, 0) is 0 Å². The van der Waals surface area contributed by atoms with Crippen LogP contribution in [0.25, 0.3) is 17.4 Å². The van der Waals surface area contributed by atoms with E-state index < -0.39 is 0 Å². The van der Waals surface area contributed by atoms with Crippen molar-refractivity contribution in [3.63, 3.8) is 0 Å². The second-order valence-corrected chi connectivity index (χ2v) is 5.70. The maximum Gasteiger partial charge on any atom is 0.203 e. The summed E-state index contributed by atoms with van der Waals surface area (Å²) in [7, 11) is 0. The van der Waals surface area contributed by atoms with E-state index in [2.05, 4.69) is 0 Å². The van der Waals surface area contributed by atoms with Crippen LogP contribution in [0.4, 0.5) is 0 Å². The summed E-state index contributed by atoms with van der Waals surface area (Å²) in [6.45, 7) is 1.51. The molecule has 26 heavy (non-hydrogen) atoms. The molecule has 0 aliphatic rings. The summed E-state index contributed by atoms with van der Waals surface area (Å²) in [5, 5.41) is 9.31. The molecule has 0 radical (unpaired) electrons. The number of hydrogen-bond acceptors (Lipinski definition) is 4. The summed E-state index contributed by atoms with van der Waals surface area (Å²) in [5.74, 6) is 0.654. The van der Waals surface area contributed by atoms with Crippen LogP contribution in [0.15, 0.2) is 76.7 Å². The van der Waals surface area contributed by atoms with Gasteiger partial charge in [-0.1, -0.05) is 54.6 Å². The van der Waals surface area contributed by atoms with E-state index in [0.29, 0.717) is 22.6 Å². The number of benzene rings is 2. The molecule has 0 saturated carbocycles. The highest BCUT2D eigenvalue weighted by Gasteiger charge is 2.13. The average molecular weight is 341 g/mol. The Morgan fingerprint density at radius 2 is 1.62 bits per heavy atom. The van der Waals surface area contributed by atoms with E-state index in [1.165, 1.54) is 13.0 Å². The maximum atomic E-state index is 12.4. The maximum absolute atomic E-state index is 12.4. The van der Waals surface area contributed by atoms with Gasteiger partial charge in [-0.2, -0.15) is 5.26 Å². The molecule has 0 saturated heterocycles. The van der Waals surface area contributed by atoms with Gasteiger partial charge in [-0.05, 0) is 19.1 Å². The number of furan rings is 1. The van der Waals surface area contributed by atoms with Crippen LogP contribution in [0.2, 0.25) is 0 Å². The molecular weight excluding hydrogens is 326 g/mol. The fraction of sp³-hybridized carbons (Fsp3) is 0.0455. The van der Waals surface area contributed by atoms with Gasteiger partial charge in [-0.3, -0.25) is 9.59 Å². The van der Waals surface area contributed by atoms with Gasteiger partial charge in [0.05, 0.1) is 0 Å². The van der Waals surface area contributed by atoms with Gasteiger partial charge in [-0.25, -0.2) is 0 Å². The summed E-state index contributed by atoms with van der Waals surface area (Å²) >= 11 is 0. The van der Waals surface area contributed by atoms with Crippen molar-refractivity contribution in [2.24, 2.45) is 0 Å². The molecular formula is C22H15NO3. The van der Waals surface area contributed by atoms with Crippen LogP contribution in [0, 0.1) is 11.3 Å². The predicted molar refractivity (Wildman–Crippen MR) is 98.5 cm³/mol. The third-order valence-corrected chi connectivity index (χ3v) is 3.89. The number of ketones is 2. The SMILES string of the molecule is CC(=O)c1ccc(-c2ccc(/C=C(\C#N)C(=O)c3ccccc3)o2)cc1. The summed E-state index contributed by atoms with van der Waals surface area (Å²) in [6, 6.07) is 21.1. The van der Waals surface area contributed by atoms with Crippen molar-refractivity contribution in [3.8, 4) is 17.4 Å². The fourth-order valence-corrected chi connectivity index (χ4v) is 2.49. The number of carbonyl (C=O) groups excluding carboxylic acids is 2. The molecule has 126 valence electrons. The van der Waals surface area contributed by atoms with Crippen molar-refractivity contribution in [1.82, 2.24) is 0 Å². The van der Waals surface area contributed by atoms with Crippen molar-refractivity contribution in [2.45, 2.75) is 6.92 Å². The standard InChI is InChI=1S/C22H15NO3/c1-15(24)16-7-9-17(10-8-16)21-12-11-20(26-21)13-19(14-23)22(25)18-5-3-2-4-6-18/h2-13H,1H3/b19-13+. The lowest BCUT2D eigenvalue weighted by Gasteiger charge is -1.99. The Bertz CT molecular complexity index is 1020. The van der Waals surface area contributed by atoms with E-state index in [1.54, 1.807) is 60.7 Å². The highest BCUT2D eigenvalue weighted by molar-refractivity contribution is 6.13. The molecule has 0 aliphatic carbocycles. The van der Waals surface area contributed by atoms with Gasteiger partial charge in [-0.15, -0.1) is 0 Å². The van der Waals surface area contributed by atoms with E-state index in [-0.39, 0.29) is 17.1 Å². The summed E-state index contributed by atoms with van der Waals surface area (Å²) in [4.78, 5) is 23.7. The number of allylic oxidation sites excluding steroid dienone is 1. The molecule has 4 nitrogen and oxygen atoms in total. The number of nitrogens with zero attached hydrogens (tertiary/aromatic N) is 1. The number of nitriles is 1.